The standard InChI is InChI=1S/4C22H29N5O3S.CH4/c4*1-2-14-9-10-30-21-19(12-24-27(21)13-14)31(23,29)26-22(28)25-20-17-7-3-5-15(17)11-16-6-4-8-18(16)20;/h4*11-12,14H,2-10,13H2,1H3,(H3,23,25,26,28,29);1H4/t4*14-,31?;/m1100./s1. The molecule has 4 unspecified atom stereocenters. The summed E-state index contributed by atoms with van der Waals surface area (Å²) in [4.78, 5) is 52.1. The molecule has 8 heterocycles. The number of nitrogens with two attached hydrogens (primary N) is 4. The smallest absolute Gasteiger partial charge is 0.354 e. The molecule has 672 valence electrons. The van der Waals surface area contributed by atoms with Gasteiger partial charge in [-0.15, -0.1) is 17.5 Å². The summed E-state index contributed by atoms with van der Waals surface area (Å²) < 4.78 is 98.7. The first-order valence-corrected chi connectivity index (χ1v) is 51.0. The Hall–Kier alpha value is -9.56. The largest absolute Gasteiger partial charge is 0.477 e. The van der Waals surface area contributed by atoms with Crippen LogP contribution in [-0.2, 0) is 169 Å². The normalized spacial score (nSPS) is 21.1. The minimum Gasteiger partial charge on any atom is -0.477 e. The van der Waals surface area contributed by atoms with Gasteiger partial charge in [-0.3, -0.25) is 0 Å². The highest BCUT2D eigenvalue weighted by Crippen LogP contribution is 2.45. The first-order chi connectivity index (χ1) is 59.8. The molecule has 4 aromatic carbocycles. The number of rotatable bonds is 12. The Kier molecular flexibility index (Phi) is 26.6. The summed E-state index contributed by atoms with van der Waals surface area (Å²) in [5.74, 6) is 3.19. The van der Waals surface area contributed by atoms with E-state index in [1.54, 1.807) is 18.7 Å². The van der Waals surface area contributed by atoms with Crippen LogP contribution >= 0.6 is 0 Å². The molecular formula is C89H120N20O12S4. The molecule has 36 heteroatoms. The maximum absolute atomic E-state index is 13.3. The van der Waals surface area contributed by atoms with Gasteiger partial charge in [0.25, 0.3) is 0 Å². The van der Waals surface area contributed by atoms with E-state index in [0.717, 1.165) is 228 Å². The monoisotopic (exact) mass is 1790 g/mol. The lowest BCUT2D eigenvalue weighted by Crippen LogP contribution is -2.19. The number of amides is 8. The van der Waals surface area contributed by atoms with E-state index in [4.69, 9.17) is 39.5 Å². The van der Waals surface area contributed by atoms with Gasteiger partial charge >= 0.3 is 24.1 Å². The second-order valence-electron chi connectivity index (χ2n) is 34.9. The van der Waals surface area contributed by atoms with Crippen LogP contribution in [0.2, 0.25) is 0 Å². The second-order valence-corrected chi connectivity index (χ2v) is 42.0. The van der Waals surface area contributed by atoms with Crippen molar-refractivity contribution in [2.24, 2.45) is 61.7 Å². The van der Waals surface area contributed by atoms with Crippen molar-refractivity contribution >= 4 is 86.5 Å². The van der Waals surface area contributed by atoms with Crippen LogP contribution in [0.25, 0.3) is 0 Å². The van der Waals surface area contributed by atoms with E-state index in [1.807, 2.05) is 0 Å². The van der Waals surface area contributed by atoms with Gasteiger partial charge in [0.15, 0.2) is 39.7 Å². The summed E-state index contributed by atoms with van der Waals surface area (Å²) in [7, 11) is -14.0. The number of benzene rings is 4. The zero-order valence-electron chi connectivity index (χ0n) is 71.4. The molecule has 4 aliphatic heterocycles. The predicted molar refractivity (Wildman–Crippen MR) is 481 cm³/mol. The molecular weight excluding hydrogens is 1670 g/mol. The Morgan fingerprint density at radius 1 is 0.328 bits per heavy atom. The van der Waals surface area contributed by atoms with Crippen molar-refractivity contribution in [1.82, 2.24) is 39.1 Å². The summed E-state index contributed by atoms with van der Waals surface area (Å²) in [6.07, 6.45) is 37.8. The highest BCUT2D eigenvalue weighted by molar-refractivity contribution is 7.92. The van der Waals surface area contributed by atoms with E-state index < -0.39 is 63.8 Å². The van der Waals surface area contributed by atoms with Crippen molar-refractivity contribution in [3.05, 3.63) is 138 Å². The number of carbonyl (C=O) groups excluding carboxylic acids is 4. The Morgan fingerprint density at radius 2 is 0.504 bits per heavy atom. The summed E-state index contributed by atoms with van der Waals surface area (Å²) in [5.41, 5.74) is 23.5. The lowest BCUT2D eigenvalue weighted by atomic mass is 9.99. The quantitative estimate of drug-likeness (QED) is 0.0563. The fourth-order valence-electron chi connectivity index (χ4n) is 20.4. The van der Waals surface area contributed by atoms with Crippen molar-refractivity contribution < 1.29 is 55.0 Å². The molecule has 0 saturated heterocycles. The number of carbonyl (C=O) groups is 4. The number of hydrogen-bond acceptors (Lipinski definition) is 16. The van der Waals surface area contributed by atoms with Crippen LogP contribution in [0.3, 0.4) is 0 Å². The average Bonchev–Trinajstić information content (AvgIpc) is 1.63. The zero-order valence-corrected chi connectivity index (χ0v) is 74.7. The third-order valence-corrected chi connectivity index (χ3v) is 32.5. The van der Waals surface area contributed by atoms with Gasteiger partial charge in [0, 0.05) is 48.9 Å². The molecule has 0 saturated carbocycles. The van der Waals surface area contributed by atoms with E-state index in [2.05, 4.69) is 111 Å². The van der Waals surface area contributed by atoms with Crippen LogP contribution in [0, 0.1) is 23.7 Å². The van der Waals surface area contributed by atoms with Gasteiger partial charge in [0.05, 0.1) is 51.2 Å². The number of aryl methyl sites for hydroxylation is 8. The van der Waals surface area contributed by atoms with E-state index >= 15 is 0 Å². The fourth-order valence-corrected chi connectivity index (χ4v) is 24.4. The average molecular weight is 1790 g/mol. The number of ether oxygens (including phenoxy) is 4. The molecule has 32 nitrogen and oxygen atoms in total. The molecule has 125 heavy (non-hydrogen) atoms. The Balaban J connectivity index is 0.000000123. The van der Waals surface area contributed by atoms with Crippen LogP contribution in [0.4, 0.5) is 41.9 Å². The molecule has 8 amide bonds. The first-order valence-electron chi connectivity index (χ1n) is 44.7. The summed E-state index contributed by atoms with van der Waals surface area (Å²) in [6, 6.07) is 6.48. The van der Waals surface area contributed by atoms with Gasteiger partial charge in [-0.2, -0.15) is 20.4 Å². The minimum absolute atomic E-state index is 0. The van der Waals surface area contributed by atoms with E-state index in [0.29, 0.717) is 99.8 Å². The third-order valence-electron chi connectivity index (χ3n) is 27.1. The molecule has 8 atom stereocenters. The van der Waals surface area contributed by atoms with Crippen molar-refractivity contribution in [3.8, 4) is 23.5 Å². The molecule has 4 aromatic heterocycles. The summed E-state index contributed by atoms with van der Waals surface area (Å²) in [5, 5.41) is 53.3. The molecule has 0 fully saturated rings. The molecule has 0 spiro atoms. The lowest BCUT2D eigenvalue weighted by Gasteiger charge is -2.15. The third kappa shape index (κ3) is 18.7. The van der Waals surface area contributed by atoms with Gasteiger partial charge in [-0.25, -0.2) is 75.3 Å². The Bertz CT molecular complexity index is 5250. The van der Waals surface area contributed by atoms with Gasteiger partial charge in [-0.05, 0) is 292 Å². The van der Waals surface area contributed by atoms with Crippen LogP contribution in [0.1, 0.15) is 227 Å². The maximum Gasteiger partial charge on any atom is 0.354 e. The highest BCUT2D eigenvalue weighted by Gasteiger charge is 2.36. The molecule has 8 aliphatic carbocycles. The van der Waals surface area contributed by atoms with Gasteiger partial charge in [0.2, 0.25) is 23.5 Å². The fraction of sp³-hybridized carbons (Fsp3) is 0.551. The molecule has 8 aromatic rings. The van der Waals surface area contributed by atoms with E-state index in [-0.39, 0.29) is 27.0 Å². The number of aromatic nitrogens is 8. The Labute approximate surface area is 733 Å². The Morgan fingerprint density at radius 3 is 0.672 bits per heavy atom. The van der Waals surface area contributed by atoms with Crippen LogP contribution in [-0.4, -0.2) is 107 Å². The maximum atomic E-state index is 13.3. The van der Waals surface area contributed by atoms with E-state index in [1.165, 1.54) is 114 Å². The van der Waals surface area contributed by atoms with Crippen molar-refractivity contribution in [2.45, 2.75) is 286 Å². The molecule has 12 aliphatic rings. The van der Waals surface area contributed by atoms with Gasteiger partial charge in [0.1, 0.15) is 19.6 Å². The molecule has 12 N–H and O–H groups in total. The van der Waals surface area contributed by atoms with Crippen molar-refractivity contribution in [3.63, 3.8) is 0 Å². The van der Waals surface area contributed by atoms with Crippen molar-refractivity contribution in [1.29, 1.82) is 0 Å². The van der Waals surface area contributed by atoms with Crippen LogP contribution in [0.5, 0.6) is 23.5 Å². The number of nitrogens with zero attached hydrogens (tertiary/aromatic N) is 12. The molecule has 0 radical (unpaired) electrons. The second kappa shape index (κ2) is 37.4. The van der Waals surface area contributed by atoms with E-state index in [9.17, 15) is 36.0 Å². The minimum atomic E-state index is -3.49. The SMILES string of the molecule is C.CC[C@@H]1CCOc2c(S(N)(=O)=NC(=O)Nc3c4c(cc5c3CCC5)CCC4)cnn2C1.CC[C@@H]1CCOc2c(S(N)(=O)=NC(=O)Nc3c4c(cc5c3CCC5)CCC4)cnn2C1.CC[C@H]1CCOc2c(S(N)(=O)=NC(=O)Nc3c4c(cc5c3CCC5)CCC4)cnn2C1.CC[C@H]1CCOc2c(S(N)(=O)=NC(=O)Nc3c4c(cc5c3CCC5)CCC4)cnn2C1. The van der Waals surface area contributed by atoms with Crippen molar-refractivity contribution in [2.75, 3.05) is 47.7 Å². The number of hydrogen-bond donors (Lipinski definition) is 8. The number of fused-ring (bicyclic) bond motifs is 12. The first kappa shape index (κ1) is 88.9. The number of nitrogens with one attached hydrogen (secondary N) is 4. The van der Waals surface area contributed by atoms with Gasteiger partial charge in [-0.1, -0.05) is 85.1 Å². The predicted octanol–water partition coefficient (Wildman–Crippen LogP) is 15.0. The van der Waals surface area contributed by atoms with Crippen LogP contribution in [0.15, 0.2) is 86.1 Å². The van der Waals surface area contributed by atoms with Crippen LogP contribution < -0.4 is 60.8 Å². The zero-order chi connectivity index (χ0) is 86.3. The number of anilines is 4. The number of urea groups is 4. The summed E-state index contributed by atoms with van der Waals surface area (Å²) >= 11 is 0. The highest BCUT2D eigenvalue weighted by atomic mass is 32.2. The topological polar surface area (TPSA) is 446 Å². The lowest BCUT2D eigenvalue weighted by molar-refractivity contribution is 0.259. The van der Waals surface area contributed by atoms with Gasteiger partial charge < -0.3 is 40.2 Å². The molecule has 20 rings (SSSR count). The summed E-state index contributed by atoms with van der Waals surface area (Å²) in [6.45, 7) is 13.2. The molecule has 0 bridgehead atoms.